The number of nitrogens with one attached hydrogen (secondary N) is 1. The van der Waals surface area contributed by atoms with E-state index >= 15 is 0 Å². The van der Waals surface area contributed by atoms with Crippen LogP contribution in [0.4, 0.5) is 4.79 Å². The van der Waals surface area contributed by atoms with Gasteiger partial charge in [-0.15, -0.1) is 0 Å². The van der Waals surface area contributed by atoms with E-state index in [1.54, 1.807) is 24.1 Å². The number of urea groups is 1. The molecule has 0 spiro atoms. The summed E-state index contributed by atoms with van der Waals surface area (Å²) in [5, 5.41) is 16.7. The minimum atomic E-state index is -1.03. The first-order valence-electron chi connectivity index (χ1n) is 7.51. The number of benzene rings is 1. The number of rotatable bonds is 3. The summed E-state index contributed by atoms with van der Waals surface area (Å²) in [7, 11) is 1.69. The fourth-order valence-electron chi connectivity index (χ4n) is 2.81. The molecule has 0 radical (unpaired) electrons. The van der Waals surface area contributed by atoms with E-state index in [1.165, 1.54) is 4.68 Å². The zero-order valence-electron chi connectivity index (χ0n) is 13.1. The average molecular weight is 349 g/mol. The quantitative estimate of drug-likeness (QED) is 0.888. The zero-order valence-corrected chi connectivity index (χ0v) is 13.9. The summed E-state index contributed by atoms with van der Waals surface area (Å²) in [5.41, 5.74) is 2.51. The largest absolute Gasteiger partial charge is 0.476 e. The van der Waals surface area contributed by atoms with Crippen LogP contribution in [0.25, 0.3) is 0 Å². The molecule has 1 aliphatic heterocycles. The van der Waals surface area contributed by atoms with E-state index in [0.29, 0.717) is 36.6 Å². The van der Waals surface area contributed by atoms with Crippen LogP contribution >= 0.6 is 11.6 Å². The lowest BCUT2D eigenvalue weighted by molar-refractivity contribution is 0.0688. The van der Waals surface area contributed by atoms with Gasteiger partial charge in [0.15, 0.2) is 5.69 Å². The number of hydrogen-bond donors (Lipinski definition) is 2. The Bertz CT molecular complexity index is 785. The van der Waals surface area contributed by atoms with Gasteiger partial charge in [0.25, 0.3) is 0 Å². The van der Waals surface area contributed by atoms with E-state index < -0.39 is 5.97 Å². The minimum absolute atomic E-state index is 0.0775. The Morgan fingerprint density at radius 3 is 2.71 bits per heavy atom. The number of fused-ring (bicyclic) bond motifs is 1. The summed E-state index contributed by atoms with van der Waals surface area (Å²) in [6.45, 7) is 1.22. The number of aryl methyl sites for hydroxylation is 1. The number of aromatic carboxylic acids is 1. The number of halogens is 1. The number of carbonyl (C=O) groups is 2. The van der Waals surface area contributed by atoms with Gasteiger partial charge in [0.1, 0.15) is 0 Å². The fourth-order valence-corrected chi connectivity index (χ4v) is 2.93. The second-order valence-electron chi connectivity index (χ2n) is 5.66. The monoisotopic (exact) mass is 348 g/mol. The van der Waals surface area contributed by atoms with Crippen LogP contribution in [0.3, 0.4) is 0 Å². The van der Waals surface area contributed by atoms with Gasteiger partial charge in [-0.05, 0) is 24.1 Å². The van der Waals surface area contributed by atoms with Crippen LogP contribution in [0.1, 0.15) is 27.3 Å². The first-order valence-corrected chi connectivity index (χ1v) is 7.88. The van der Waals surface area contributed by atoms with Crippen molar-refractivity contribution in [1.29, 1.82) is 0 Å². The second kappa shape index (κ2) is 6.52. The molecule has 3 rings (SSSR count). The first-order chi connectivity index (χ1) is 11.5. The summed E-state index contributed by atoms with van der Waals surface area (Å²) in [5.74, 6) is -1.03. The molecule has 0 aliphatic carbocycles. The number of carboxylic acid groups (broad SMARTS) is 1. The summed E-state index contributed by atoms with van der Waals surface area (Å²) in [6.07, 6.45) is 0.485. The molecule has 0 saturated carbocycles. The molecule has 0 bridgehead atoms. The third-order valence-corrected chi connectivity index (χ3v) is 4.35. The fraction of sp³-hybridized carbons (Fsp3) is 0.312. The number of aromatic nitrogens is 2. The van der Waals surface area contributed by atoms with Crippen LogP contribution < -0.4 is 5.32 Å². The van der Waals surface area contributed by atoms with Gasteiger partial charge in [0.05, 0.1) is 12.2 Å². The Balaban J connectivity index is 1.65. The molecule has 0 atom stereocenters. The molecular weight excluding hydrogens is 332 g/mol. The lowest BCUT2D eigenvalue weighted by Crippen LogP contribution is -2.42. The first kappa shape index (κ1) is 16.3. The molecule has 0 fully saturated rings. The molecule has 1 aromatic heterocycles. The standard InChI is InChI=1S/C16H17ClN4O3/c1-20-13-9-21(7-6-12(13)14(19-20)15(22)23)16(24)18-8-10-2-4-11(17)5-3-10/h2-5H,6-9H2,1H3,(H,18,24)(H,22,23). The van der Waals surface area contributed by atoms with Crippen LogP contribution in [-0.4, -0.2) is 38.3 Å². The van der Waals surface area contributed by atoms with Gasteiger partial charge in [0, 0.05) is 30.7 Å². The number of amides is 2. The third-order valence-electron chi connectivity index (χ3n) is 4.09. The van der Waals surface area contributed by atoms with Gasteiger partial charge < -0.3 is 15.3 Å². The highest BCUT2D eigenvalue weighted by Crippen LogP contribution is 2.22. The predicted octanol–water partition coefficient (Wildman–Crippen LogP) is 2.04. The van der Waals surface area contributed by atoms with Crippen molar-refractivity contribution in [3.05, 3.63) is 51.8 Å². The lowest BCUT2D eigenvalue weighted by atomic mass is 10.0. The van der Waals surface area contributed by atoms with Crippen LogP contribution in [0.15, 0.2) is 24.3 Å². The maximum Gasteiger partial charge on any atom is 0.356 e. The maximum absolute atomic E-state index is 12.3. The molecule has 1 aliphatic rings. The van der Waals surface area contributed by atoms with Crippen LogP contribution in [0.2, 0.25) is 5.02 Å². The summed E-state index contributed by atoms with van der Waals surface area (Å²) in [4.78, 5) is 25.2. The normalized spacial score (nSPS) is 13.5. The topological polar surface area (TPSA) is 87.5 Å². The second-order valence-corrected chi connectivity index (χ2v) is 6.10. The molecule has 24 heavy (non-hydrogen) atoms. The molecule has 0 saturated heterocycles. The van der Waals surface area contributed by atoms with Crippen molar-refractivity contribution in [2.45, 2.75) is 19.5 Å². The van der Waals surface area contributed by atoms with Crippen molar-refractivity contribution < 1.29 is 14.7 Å². The molecule has 2 N–H and O–H groups in total. The highest BCUT2D eigenvalue weighted by atomic mass is 35.5. The zero-order chi connectivity index (χ0) is 17.3. The van der Waals surface area contributed by atoms with Gasteiger partial charge in [-0.25, -0.2) is 9.59 Å². The van der Waals surface area contributed by atoms with E-state index in [1.807, 2.05) is 12.1 Å². The van der Waals surface area contributed by atoms with Gasteiger partial charge in [-0.2, -0.15) is 5.10 Å². The van der Waals surface area contributed by atoms with Crippen LogP contribution in [-0.2, 0) is 26.6 Å². The molecule has 2 amide bonds. The number of nitrogens with zero attached hydrogens (tertiary/aromatic N) is 3. The summed E-state index contributed by atoms with van der Waals surface area (Å²) >= 11 is 5.84. The Labute approximate surface area is 143 Å². The van der Waals surface area contributed by atoms with Gasteiger partial charge in [-0.1, -0.05) is 23.7 Å². The van der Waals surface area contributed by atoms with Crippen molar-refractivity contribution in [3.63, 3.8) is 0 Å². The summed E-state index contributed by atoms with van der Waals surface area (Å²) < 4.78 is 1.54. The Kier molecular flexibility index (Phi) is 4.44. The lowest BCUT2D eigenvalue weighted by Gasteiger charge is -2.27. The van der Waals surface area contributed by atoms with Crippen molar-refractivity contribution >= 4 is 23.6 Å². The SMILES string of the molecule is Cn1nc(C(=O)O)c2c1CN(C(=O)NCc1ccc(Cl)cc1)CC2. The molecule has 1 aromatic carbocycles. The number of hydrogen-bond acceptors (Lipinski definition) is 3. The molecule has 2 heterocycles. The van der Waals surface area contributed by atoms with E-state index in [4.69, 9.17) is 11.6 Å². The highest BCUT2D eigenvalue weighted by Gasteiger charge is 2.28. The van der Waals surface area contributed by atoms with Crippen molar-refractivity contribution in [2.24, 2.45) is 7.05 Å². The molecular formula is C16H17ClN4O3. The minimum Gasteiger partial charge on any atom is -0.476 e. The highest BCUT2D eigenvalue weighted by molar-refractivity contribution is 6.30. The average Bonchev–Trinajstić information content (AvgIpc) is 2.91. The van der Waals surface area contributed by atoms with Crippen molar-refractivity contribution in [1.82, 2.24) is 20.0 Å². The molecule has 0 unspecified atom stereocenters. The Morgan fingerprint density at radius 1 is 1.33 bits per heavy atom. The van der Waals surface area contributed by atoms with E-state index in [0.717, 1.165) is 11.3 Å². The molecule has 126 valence electrons. The molecule has 7 nitrogen and oxygen atoms in total. The Morgan fingerprint density at radius 2 is 2.04 bits per heavy atom. The molecule has 2 aromatic rings. The third kappa shape index (κ3) is 3.21. The van der Waals surface area contributed by atoms with Crippen LogP contribution in [0.5, 0.6) is 0 Å². The van der Waals surface area contributed by atoms with Crippen molar-refractivity contribution in [3.8, 4) is 0 Å². The smallest absolute Gasteiger partial charge is 0.356 e. The summed E-state index contributed by atoms with van der Waals surface area (Å²) in [6, 6.07) is 7.08. The predicted molar refractivity (Wildman–Crippen MR) is 88.0 cm³/mol. The van der Waals surface area contributed by atoms with Gasteiger partial charge in [0.2, 0.25) is 0 Å². The van der Waals surface area contributed by atoms with Crippen molar-refractivity contribution in [2.75, 3.05) is 6.54 Å². The number of carbonyl (C=O) groups excluding carboxylic acids is 1. The van der Waals surface area contributed by atoms with Crippen LogP contribution in [0, 0.1) is 0 Å². The van der Waals surface area contributed by atoms with E-state index in [-0.39, 0.29) is 11.7 Å². The molecule has 8 heteroatoms. The van der Waals surface area contributed by atoms with Gasteiger partial charge >= 0.3 is 12.0 Å². The van der Waals surface area contributed by atoms with Gasteiger partial charge in [-0.3, -0.25) is 4.68 Å². The number of carboxylic acids is 1. The van der Waals surface area contributed by atoms with E-state index in [2.05, 4.69) is 10.4 Å². The maximum atomic E-state index is 12.3. The Hall–Kier alpha value is -2.54. The van der Waals surface area contributed by atoms with E-state index in [9.17, 15) is 14.7 Å².